The lowest BCUT2D eigenvalue weighted by atomic mass is 10.0. The van der Waals surface area contributed by atoms with Crippen molar-refractivity contribution in [3.05, 3.63) is 41.1 Å². The molecule has 0 bridgehead atoms. The number of esters is 1. The predicted octanol–water partition coefficient (Wildman–Crippen LogP) is 1.93. The number of nitrogens with two attached hydrogens (primary N) is 1. The molecule has 2 amide bonds. The number of hydrogen-bond donors (Lipinski definition) is 2. The van der Waals surface area contributed by atoms with Crippen molar-refractivity contribution in [1.29, 1.82) is 0 Å². The third kappa shape index (κ3) is 6.27. The Morgan fingerprint density at radius 3 is 2.58 bits per heavy atom. The highest BCUT2D eigenvalue weighted by Crippen LogP contribution is 2.75. The molecule has 0 saturated carbocycles. The van der Waals surface area contributed by atoms with E-state index in [2.05, 4.69) is 24.7 Å². The molecule has 12 nitrogen and oxygen atoms in total. The Bertz CT molecular complexity index is 1370. The van der Waals surface area contributed by atoms with Crippen LogP contribution in [0.2, 0.25) is 0 Å². The fourth-order valence-electron chi connectivity index (χ4n) is 3.97. The molecule has 0 unspecified atom stereocenters. The number of fused-ring (bicyclic) bond motifs is 1. The van der Waals surface area contributed by atoms with Gasteiger partial charge in [0.1, 0.15) is 29.5 Å². The van der Waals surface area contributed by atoms with E-state index in [1.807, 2.05) is 0 Å². The molecular weight excluding hydrogens is 587 g/mol. The Morgan fingerprint density at radius 2 is 2.00 bits per heavy atom. The first-order valence-corrected chi connectivity index (χ1v) is 17.1. The van der Waals surface area contributed by atoms with Crippen LogP contribution in [0.15, 0.2) is 50.1 Å². The van der Waals surface area contributed by atoms with Gasteiger partial charge in [0.2, 0.25) is 5.71 Å². The van der Waals surface area contributed by atoms with Gasteiger partial charge >= 0.3 is 5.97 Å². The molecule has 0 radical (unpaired) electrons. The van der Waals surface area contributed by atoms with E-state index in [1.165, 1.54) is 22.2 Å². The number of amides is 2. The Morgan fingerprint density at radius 1 is 1.30 bits per heavy atom. The standard InChI is InChI=1S/C24H30ClFN6O6S2/c1-36-16-7-5-14(6-8-16)10-37-24(35)19-15(9-25)11-39-23-18(22(34)32(19)23)29-21(33)17(30-38-12-26)20-28-13-40(2,3,4,27)31-20/h5-8,13,18,23H,9-12,27H2,1-4H3,(H,29,33)/b30-17-/t18-,23-/m1/s1. The number of aliphatic imine (C=N–C) groups is 1. The van der Waals surface area contributed by atoms with Crippen molar-refractivity contribution in [1.82, 2.24) is 10.2 Å². The van der Waals surface area contributed by atoms with Gasteiger partial charge in [-0.3, -0.25) is 19.6 Å². The fourth-order valence-corrected chi connectivity index (χ4v) is 7.07. The lowest BCUT2D eigenvalue weighted by molar-refractivity contribution is -0.153. The Kier molecular flexibility index (Phi) is 7.73. The summed E-state index contributed by atoms with van der Waals surface area (Å²) in [5, 5.41) is 12.0. The van der Waals surface area contributed by atoms with Crippen LogP contribution in [0.3, 0.4) is 0 Å². The molecule has 3 aliphatic heterocycles. The van der Waals surface area contributed by atoms with E-state index in [0.29, 0.717) is 17.1 Å². The van der Waals surface area contributed by atoms with E-state index in [1.54, 1.807) is 50.1 Å². The van der Waals surface area contributed by atoms with Gasteiger partial charge in [-0.1, -0.05) is 17.3 Å². The number of rotatable bonds is 10. The minimum Gasteiger partial charge on any atom is -0.497 e. The Hall–Kier alpha value is -3.14. The molecule has 0 spiro atoms. The van der Waals surface area contributed by atoms with Crippen molar-refractivity contribution in [2.45, 2.75) is 18.0 Å². The van der Waals surface area contributed by atoms with Crippen LogP contribution < -0.4 is 15.2 Å². The lowest BCUT2D eigenvalue weighted by Crippen LogP contribution is -2.71. The van der Waals surface area contributed by atoms with Crippen LogP contribution in [0.1, 0.15) is 5.56 Å². The van der Waals surface area contributed by atoms with Crippen LogP contribution in [0.4, 0.5) is 4.39 Å². The Labute approximate surface area is 238 Å². The minimum absolute atomic E-state index is 0.0130. The largest absolute Gasteiger partial charge is 0.497 e. The molecule has 3 heterocycles. The molecule has 3 N–H and O–H groups in total. The van der Waals surface area contributed by atoms with E-state index >= 15 is 0 Å². The predicted molar refractivity (Wildman–Crippen MR) is 156 cm³/mol. The van der Waals surface area contributed by atoms with Crippen molar-refractivity contribution >= 4 is 66.9 Å². The second-order valence-corrected chi connectivity index (χ2v) is 19.6. The molecule has 40 heavy (non-hydrogen) atoms. The lowest BCUT2D eigenvalue weighted by Gasteiger charge is -2.59. The summed E-state index contributed by atoms with van der Waals surface area (Å²) < 4.78 is 27.8. The number of β-lactam (4-membered cyclic amide) rings is 1. The van der Waals surface area contributed by atoms with E-state index in [-0.39, 0.29) is 24.0 Å². The van der Waals surface area contributed by atoms with E-state index in [0.717, 1.165) is 5.56 Å². The van der Waals surface area contributed by atoms with Crippen molar-refractivity contribution in [2.75, 3.05) is 44.4 Å². The summed E-state index contributed by atoms with van der Waals surface area (Å²) >= 11 is 7.41. The highest BCUT2D eigenvalue weighted by atomic mass is 35.5. The van der Waals surface area contributed by atoms with Crippen LogP contribution in [0, 0.1) is 0 Å². The second-order valence-electron chi connectivity index (χ2n) is 10.7. The van der Waals surface area contributed by atoms with Crippen LogP contribution in [0.5, 0.6) is 5.75 Å². The zero-order valence-electron chi connectivity index (χ0n) is 22.3. The molecule has 16 heteroatoms. The molecule has 2 atom stereocenters. The van der Waals surface area contributed by atoms with E-state index < -0.39 is 50.4 Å². The van der Waals surface area contributed by atoms with Gasteiger partial charge in [0.15, 0.2) is 5.84 Å². The maximum atomic E-state index is 13.2. The highest BCUT2D eigenvalue weighted by Gasteiger charge is 2.55. The zero-order chi connectivity index (χ0) is 29.4. The number of thioether (sulfide) groups is 1. The molecule has 1 fully saturated rings. The van der Waals surface area contributed by atoms with E-state index in [9.17, 15) is 18.8 Å². The van der Waals surface area contributed by atoms with Crippen LogP contribution >= 0.6 is 32.0 Å². The minimum atomic E-state index is -3.58. The van der Waals surface area contributed by atoms with Crippen LogP contribution in [-0.4, -0.2) is 95.6 Å². The normalized spacial score (nSPS) is 25.8. The molecule has 218 valence electrons. The van der Waals surface area contributed by atoms with Crippen LogP contribution in [-0.2, 0) is 30.6 Å². The summed E-state index contributed by atoms with van der Waals surface area (Å²) in [6, 6.07) is 5.96. The number of methoxy groups -OCH3 is 1. The van der Waals surface area contributed by atoms with Crippen molar-refractivity contribution in [3.63, 3.8) is 0 Å². The monoisotopic (exact) mass is 616 g/mol. The number of carbonyl (C=O) groups is 3. The number of amidine groups is 1. The first kappa shape index (κ1) is 29.8. The SMILES string of the molecule is COc1ccc(COC(=O)C2=C(CCl)CS[C@@H]3[C@H](NC(=O)/C(=N\OCF)C4=NS(C)(C)(C)(N)C=N4)C(=O)N23)cc1. The number of ether oxygens (including phenoxy) is 2. The van der Waals surface area contributed by atoms with Gasteiger partial charge in [0.25, 0.3) is 18.7 Å². The first-order valence-electron chi connectivity index (χ1n) is 11.8. The molecule has 1 aromatic carbocycles. The maximum absolute atomic E-state index is 13.2. The number of hydrogen-bond acceptors (Lipinski definition) is 11. The maximum Gasteiger partial charge on any atom is 0.355 e. The number of alkyl halides is 2. The van der Waals surface area contributed by atoms with E-state index in [4.69, 9.17) is 26.2 Å². The first-order chi connectivity index (χ1) is 18.7. The average molecular weight is 617 g/mol. The summed E-state index contributed by atoms with van der Waals surface area (Å²) in [5.74, 6) is -1.27. The smallest absolute Gasteiger partial charge is 0.355 e. The van der Waals surface area contributed by atoms with Gasteiger partial charge in [-0.05, 0) is 42.0 Å². The summed E-state index contributed by atoms with van der Waals surface area (Å²) in [6.07, 6.45) is 5.10. The molecule has 1 saturated heterocycles. The second kappa shape index (κ2) is 10.4. The summed E-state index contributed by atoms with van der Waals surface area (Å²) in [7, 11) is -2.04. The number of halogens is 2. The number of carbonyl (C=O) groups excluding carboxylic acids is 3. The average Bonchev–Trinajstić information content (AvgIpc) is 3.20. The fraction of sp³-hybridized carbons (Fsp3) is 0.417. The van der Waals surface area contributed by atoms with Crippen molar-refractivity contribution in [2.24, 2.45) is 19.7 Å². The van der Waals surface area contributed by atoms with Gasteiger partial charge in [-0.2, -0.15) is 0 Å². The van der Waals surface area contributed by atoms with Gasteiger partial charge in [-0.15, -0.1) is 32.0 Å². The van der Waals surface area contributed by atoms with Gasteiger partial charge in [-0.25, -0.2) is 18.6 Å². The zero-order valence-corrected chi connectivity index (χ0v) is 24.6. The van der Waals surface area contributed by atoms with Gasteiger partial charge < -0.3 is 19.6 Å². The topological polar surface area (TPSA) is 157 Å². The summed E-state index contributed by atoms with van der Waals surface area (Å²) in [5.41, 5.74) is 2.32. The van der Waals surface area contributed by atoms with Gasteiger partial charge in [0.05, 0.1) is 12.7 Å². The highest BCUT2D eigenvalue weighted by molar-refractivity contribution is 8.70. The number of oxime groups is 1. The van der Waals surface area contributed by atoms with Gasteiger partial charge in [0, 0.05) is 11.6 Å². The molecular formula is C24H30ClFN6O6S2. The summed E-state index contributed by atoms with van der Waals surface area (Å²) in [4.78, 5) is 49.3. The summed E-state index contributed by atoms with van der Waals surface area (Å²) in [6.45, 7) is -1.33. The third-order valence-electron chi connectivity index (χ3n) is 5.91. The van der Waals surface area contributed by atoms with Crippen molar-refractivity contribution in [3.8, 4) is 5.75 Å². The number of nitrogens with one attached hydrogen (secondary N) is 1. The number of benzene rings is 1. The Balaban J connectivity index is 1.49. The quantitative estimate of drug-likeness (QED) is 0.133. The molecule has 0 aliphatic carbocycles. The van der Waals surface area contributed by atoms with Crippen LogP contribution in [0.25, 0.3) is 0 Å². The number of nitrogens with zero attached hydrogens (tertiary/aromatic N) is 4. The molecule has 1 aromatic rings. The van der Waals surface area contributed by atoms with Crippen molar-refractivity contribution < 1.29 is 33.1 Å². The molecule has 0 aromatic heterocycles. The molecule has 4 rings (SSSR count). The third-order valence-corrected chi connectivity index (χ3v) is 9.46. The molecule has 3 aliphatic rings.